The lowest BCUT2D eigenvalue weighted by Crippen LogP contribution is -1.93. The zero-order chi connectivity index (χ0) is 11.7. The number of rotatable bonds is 1. The van der Waals surface area contributed by atoms with Gasteiger partial charge in [-0.15, -0.1) is 0 Å². The highest BCUT2D eigenvalue weighted by molar-refractivity contribution is 6.30. The van der Waals surface area contributed by atoms with Crippen molar-refractivity contribution in [3.05, 3.63) is 52.8 Å². The summed E-state index contributed by atoms with van der Waals surface area (Å²) in [5, 5.41) is 0.677. The molecule has 0 bridgehead atoms. The van der Waals surface area contributed by atoms with Crippen LogP contribution in [0, 0.1) is 12.7 Å². The van der Waals surface area contributed by atoms with E-state index in [4.69, 9.17) is 17.3 Å². The van der Waals surface area contributed by atoms with E-state index in [0.717, 1.165) is 16.7 Å². The van der Waals surface area contributed by atoms with E-state index in [2.05, 4.69) is 0 Å². The zero-order valence-corrected chi connectivity index (χ0v) is 9.55. The predicted octanol–water partition coefficient (Wildman–Crippen LogP) is 4.04. The molecule has 0 heterocycles. The number of benzene rings is 2. The summed E-state index contributed by atoms with van der Waals surface area (Å²) in [6, 6.07) is 10.5. The van der Waals surface area contributed by atoms with Crippen molar-refractivity contribution in [3.8, 4) is 11.1 Å². The molecule has 0 saturated heterocycles. The van der Waals surface area contributed by atoms with Crippen LogP contribution in [-0.4, -0.2) is 0 Å². The molecule has 2 aromatic carbocycles. The van der Waals surface area contributed by atoms with Crippen LogP contribution in [0.25, 0.3) is 11.1 Å². The summed E-state index contributed by atoms with van der Waals surface area (Å²) in [6.45, 7) is 1.85. The normalized spacial score (nSPS) is 10.4. The number of anilines is 1. The van der Waals surface area contributed by atoms with Crippen LogP contribution in [0.2, 0.25) is 5.02 Å². The summed E-state index contributed by atoms with van der Waals surface area (Å²) >= 11 is 5.81. The Morgan fingerprint density at radius 2 is 1.75 bits per heavy atom. The third-order valence-corrected chi connectivity index (χ3v) is 2.75. The van der Waals surface area contributed by atoms with E-state index in [0.29, 0.717) is 5.02 Å². The van der Waals surface area contributed by atoms with Crippen molar-refractivity contribution < 1.29 is 4.39 Å². The summed E-state index contributed by atoms with van der Waals surface area (Å²) in [4.78, 5) is 0. The Balaban J connectivity index is 2.56. The van der Waals surface area contributed by atoms with Gasteiger partial charge >= 0.3 is 0 Å². The van der Waals surface area contributed by atoms with Crippen molar-refractivity contribution in [2.45, 2.75) is 6.92 Å². The van der Waals surface area contributed by atoms with Crippen LogP contribution in [0.1, 0.15) is 5.56 Å². The fraction of sp³-hybridized carbons (Fsp3) is 0.0769. The second kappa shape index (κ2) is 4.14. The third kappa shape index (κ3) is 2.02. The molecule has 0 fully saturated rings. The third-order valence-electron chi connectivity index (χ3n) is 2.50. The minimum Gasteiger partial charge on any atom is -0.396 e. The summed E-state index contributed by atoms with van der Waals surface area (Å²) in [7, 11) is 0. The van der Waals surface area contributed by atoms with Crippen LogP contribution >= 0.6 is 11.6 Å². The van der Waals surface area contributed by atoms with Gasteiger partial charge in [-0.2, -0.15) is 0 Å². The van der Waals surface area contributed by atoms with Crippen molar-refractivity contribution in [3.63, 3.8) is 0 Å². The maximum absolute atomic E-state index is 13.2. The largest absolute Gasteiger partial charge is 0.396 e. The van der Waals surface area contributed by atoms with E-state index < -0.39 is 0 Å². The van der Waals surface area contributed by atoms with Crippen LogP contribution in [0.3, 0.4) is 0 Å². The molecule has 0 amide bonds. The van der Waals surface area contributed by atoms with Crippen LogP contribution in [0.15, 0.2) is 36.4 Å². The Morgan fingerprint density at radius 3 is 2.38 bits per heavy atom. The van der Waals surface area contributed by atoms with Gasteiger partial charge in [0.25, 0.3) is 0 Å². The van der Waals surface area contributed by atoms with Gasteiger partial charge in [-0.25, -0.2) is 4.39 Å². The van der Waals surface area contributed by atoms with Gasteiger partial charge in [0.2, 0.25) is 0 Å². The Morgan fingerprint density at radius 1 is 1.12 bits per heavy atom. The highest BCUT2D eigenvalue weighted by atomic mass is 35.5. The Bertz CT molecular complexity index is 520. The molecule has 1 nitrogen and oxygen atoms in total. The molecule has 0 unspecified atom stereocenters. The first-order valence-electron chi connectivity index (χ1n) is 4.89. The van der Waals surface area contributed by atoms with E-state index in [1.54, 1.807) is 18.2 Å². The standard InChI is InChI=1S/C13H11ClFN/c1-8-6-12(15)13(16)7-11(8)9-2-4-10(14)5-3-9/h2-7H,16H2,1H3. The highest BCUT2D eigenvalue weighted by Gasteiger charge is 2.06. The molecule has 2 rings (SSSR count). The summed E-state index contributed by atoms with van der Waals surface area (Å²) in [6.07, 6.45) is 0. The average Bonchev–Trinajstić information content (AvgIpc) is 2.25. The number of nitrogen functional groups attached to an aromatic ring is 1. The highest BCUT2D eigenvalue weighted by Crippen LogP contribution is 2.28. The van der Waals surface area contributed by atoms with E-state index in [-0.39, 0.29) is 11.5 Å². The molecule has 3 heteroatoms. The summed E-state index contributed by atoms with van der Waals surface area (Å²) < 4.78 is 13.2. The van der Waals surface area contributed by atoms with Crippen molar-refractivity contribution in [2.75, 3.05) is 5.73 Å². The van der Waals surface area contributed by atoms with E-state index in [1.165, 1.54) is 6.07 Å². The first-order chi connectivity index (χ1) is 7.58. The van der Waals surface area contributed by atoms with Gasteiger partial charge < -0.3 is 5.73 Å². The molecule has 2 aromatic rings. The van der Waals surface area contributed by atoms with Crippen molar-refractivity contribution in [1.29, 1.82) is 0 Å². The predicted molar refractivity (Wildman–Crippen MR) is 66.0 cm³/mol. The average molecular weight is 236 g/mol. The van der Waals surface area contributed by atoms with Gasteiger partial charge in [-0.05, 0) is 47.9 Å². The number of halogens is 2. The number of aryl methyl sites for hydroxylation is 1. The quantitative estimate of drug-likeness (QED) is 0.742. The molecule has 2 N–H and O–H groups in total. The van der Waals surface area contributed by atoms with Crippen LogP contribution < -0.4 is 5.73 Å². The van der Waals surface area contributed by atoms with Crippen LogP contribution in [0.5, 0.6) is 0 Å². The second-order valence-corrected chi connectivity index (χ2v) is 4.13. The molecular weight excluding hydrogens is 225 g/mol. The molecule has 0 radical (unpaired) electrons. The van der Waals surface area contributed by atoms with E-state index in [1.807, 2.05) is 19.1 Å². The Kier molecular flexibility index (Phi) is 2.84. The fourth-order valence-corrected chi connectivity index (χ4v) is 1.76. The molecule has 0 aliphatic rings. The van der Waals surface area contributed by atoms with Crippen molar-refractivity contribution >= 4 is 17.3 Å². The lowest BCUT2D eigenvalue weighted by atomic mass is 10.00. The van der Waals surface area contributed by atoms with Gasteiger partial charge in [-0.3, -0.25) is 0 Å². The molecule has 0 atom stereocenters. The Labute approximate surface area is 98.7 Å². The van der Waals surface area contributed by atoms with Crippen molar-refractivity contribution in [2.24, 2.45) is 0 Å². The molecule has 82 valence electrons. The second-order valence-electron chi connectivity index (χ2n) is 3.70. The first-order valence-corrected chi connectivity index (χ1v) is 5.27. The molecule has 0 aliphatic carbocycles. The molecule has 0 spiro atoms. The van der Waals surface area contributed by atoms with E-state index >= 15 is 0 Å². The fourth-order valence-electron chi connectivity index (χ4n) is 1.63. The van der Waals surface area contributed by atoms with Gasteiger partial charge in [-0.1, -0.05) is 23.7 Å². The van der Waals surface area contributed by atoms with Gasteiger partial charge in [0, 0.05) is 5.02 Å². The Hall–Kier alpha value is -1.54. The minimum atomic E-state index is -0.379. The number of hydrogen-bond donors (Lipinski definition) is 1. The minimum absolute atomic E-state index is 0.163. The van der Waals surface area contributed by atoms with Crippen LogP contribution in [0.4, 0.5) is 10.1 Å². The lowest BCUT2D eigenvalue weighted by molar-refractivity contribution is 0.631. The molecule has 0 aliphatic heterocycles. The summed E-state index contributed by atoms with van der Waals surface area (Å²) in [5.41, 5.74) is 8.48. The number of nitrogens with two attached hydrogens (primary N) is 1. The zero-order valence-electron chi connectivity index (χ0n) is 8.80. The van der Waals surface area contributed by atoms with E-state index in [9.17, 15) is 4.39 Å². The van der Waals surface area contributed by atoms with Crippen LogP contribution in [-0.2, 0) is 0 Å². The molecular formula is C13H11ClFN. The summed E-state index contributed by atoms with van der Waals surface area (Å²) in [5.74, 6) is -0.379. The van der Waals surface area contributed by atoms with Gasteiger partial charge in [0.05, 0.1) is 5.69 Å². The molecule has 16 heavy (non-hydrogen) atoms. The van der Waals surface area contributed by atoms with Crippen molar-refractivity contribution in [1.82, 2.24) is 0 Å². The van der Waals surface area contributed by atoms with Gasteiger partial charge in [0.1, 0.15) is 5.82 Å². The smallest absolute Gasteiger partial charge is 0.146 e. The SMILES string of the molecule is Cc1cc(F)c(N)cc1-c1ccc(Cl)cc1. The molecule has 0 saturated carbocycles. The van der Waals surface area contributed by atoms with Gasteiger partial charge in [0.15, 0.2) is 0 Å². The lowest BCUT2D eigenvalue weighted by Gasteiger charge is -2.08. The first kappa shape index (κ1) is 11.0. The monoisotopic (exact) mass is 235 g/mol. The maximum atomic E-state index is 13.2. The maximum Gasteiger partial charge on any atom is 0.146 e. The number of hydrogen-bond acceptors (Lipinski definition) is 1. The molecule has 0 aromatic heterocycles. The topological polar surface area (TPSA) is 26.0 Å².